The summed E-state index contributed by atoms with van der Waals surface area (Å²) in [6.45, 7) is 3.39. The van der Waals surface area contributed by atoms with Crippen LogP contribution in [0.5, 0.6) is 0 Å². The molecule has 1 fully saturated rings. The number of alkyl halides is 3. The van der Waals surface area contributed by atoms with Crippen molar-refractivity contribution in [2.45, 2.75) is 37.6 Å². The van der Waals surface area contributed by atoms with Crippen molar-refractivity contribution >= 4 is 10.8 Å². The van der Waals surface area contributed by atoms with Crippen LogP contribution in [0.1, 0.15) is 35.1 Å². The lowest BCUT2D eigenvalue weighted by Gasteiger charge is -2.27. The molecule has 1 N–H and O–H groups in total. The van der Waals surface area contributed by atoms with Crippen molar-refractivity contribution in [1.29, 1.82) is 0 Å². The minimum absolute atomic E-state index is 0.136. The van der Waals surface area contributed by atoms with Crippen LogP contribution in [0.3, 0.4) is 0 Å². The quantitative estimate of drug-likeness (QED) is 0.313. The van der Waals surface area contributed by atoms with E-state index < -0.39 is 11.8 Å². The second kappa shape index (κ2) is 9.72. The summed E-state index contributed by atoms with van der Waals surface area (Å²) in [5, 5.41) is 12.6. The van der Waals surface area contributed by atoms with E-state index in [0.29, 0.717) is 5.92 Å². The highest BCUT2D eigenvalue weighted by molar-refractivity contribution is 5.85. The molecule has 0 amide bonds. The molecule has 2 nitrogen and oxygen atoms in total. The summed E-state index contributed by atoms with van der Waals surface area (Å²) < 4.78 is 40.1. The van der Waals surface area contributed by atoms with Crippen LogP contribution in [0, 0.1) is 5.92 Å². The van der Waals surface area contributed by atoms with Crippen LogP contribution in [0.25, 0.3) is 10.8 Å². The predicted octanol–water partition coefficient (Wildman–Crippen LogP) is 7.07. The van der Waals surface area contributed by atoms with E-state index in [2.05, 4.69) is 53.4 Å². The van der Waals surface area contributed by atoms with Crippen molar-refractivity contribution in [2.75, 3.05) is 13.1 Å². The average Bonchev–Trinajstić information content (AvgIpc) is 3.26. The number of nitrogens with zero attached hydrogens (tertiary/aromatic N) is 1. The zero-order chi connectivity index (χ0) is 25.3. The van der Waals surface area contributed by atoms with Crippen LogP contribution in [0.15, 0.2) is 97.1 Å². The summed E-state index contributed by atoms with van der Waals surface area (Å²) in [5.41, 5.74) is 0.545. The summed E-state index contributed by atoms with van der Waals surface area (Å²) in [7, 11) is 0. The van der Waals surface area contributed by atoms with Crippen molar-refractivity contribution in [1.82, 2.24) is 4.90 Å². The molecule has 1 unspecified atom stereocenters. The number of halogens is 3. The number of likely N-dealkylation sites (tertiary alicyclic amines) is 1. The smallest absolute Gasteiger partial charge is 0.376 e. The highest BCUT2D eigenvalue weighted by atomic mass is 19.4. The molecule has 4 aromatic carbocycles. The fraction of sp³-hybridized carbons (Fsp3) is 0.290. The van der Waals surface area contributed by atoms with Gasteiger partial charge in [-0.3, -0.25) is 4.90 Å². The van der Waals surface area contributed by atoms with Crippen LogP contribution in [-0.2, 0) is 18.6 Å². The lowest BCUT2D eigenvalue weighted by Crippen LogP contribution is -2.39. The molecule has 3 atom stereocenters. The molecule has 0 aliphatic carbocycles. The Morgan fingerprint density at radius 1 is 0.806 bits per heavy atom. The van der Waals surface area contributed by atoms with Gasteiger partial charge in [0.05, 0.1) is 0 Å². The molecule has 186 valence electrons. The molecule has 0 spiro atoms. The minimum Gasteiger partial charge on any atom is -0.376 e. The van der Waals surface area contributed by atoms with E-state index in [1.54, 1.807) is 12.1 Å². The zero-order valence-electron chi connectivity index (χ0n) is 20.2. The number of rotatable bonds is 6. The second-order valence-corrected chi connectivity index (χ2v) is 10.1. The third-order valence-corrected chi connectivity index (χ3v) is 7.58. The summed E-state index contributed by atoms with van der Waals surface area (Å²) in [4.78, 5) is 2.44. The van der Waals surface area contributed by atoms with Gasteiger partial charge in [0, 0.05) is 25.6 Å². The van der Waals surface area contributed by atoms with E-state index in [0.717, 1.165) is 38.5 Å². The molecule has 5 rings (SSSR count). The van der Waals surface area contributed by atoms with Gasteiger partial charge < -0.3 is 5.11 Å². The Morgan fingerprint density at radius 2 is 1.47 bits per heavy atom. The molecule has 0 saturated carbocycles. The topological polar surface area (TPSA) is 23.5 Å². The fourth-order valence-corrected chi connectivity index (χ4v) is 5.49. The third kappa shape index (κ3) is 4.91. The Kier molecular flexibility index (Phi) is 6.62. The Morgan fingerprint density at radius 3 is 2.19 bits per heavy atom. The molecule has 1 heterocycles. The number of fused-ring (bicyclic) bond motifs is 1. The zero-order valence-corrected chi connectivity index (χ0v) is 20.2. The van der Waals surface area contributed by atoms with E-state index in [1.807, 2.05) is 24.3 Å². The van der Waals surface area contributed by atoms with Gasteiger partial charge in [-0.15, -0.1) is 0 Å². The van der Waals surface area contributed by atoms with Gasteiger partial charge in [-0.1, -0.05) is 97.1 Å². The maximum Gasteiger partial charge on any atom is 0.421 e. The second-order valence-electron chi connectivity index (χ2n) is 10.1. The SMILES string of the molecule is CC(O)(c1ccc([C@@H]2CN(Cc3ccccc3)C[C@H]2Cc2cccc3ccccc23)cc1)C(F)(F)F. The van der Waals surface area contributed by atoms with Crippen LogP contribution in [0.2, 0.25) is 0 Å². The highest BCUT2D eigenvalue weighted by Crippen LogP contribution is 2.41. The average molecular weight is 490 g/mol. The first-order valence-electron chi connectivity index (χ1n) is 12.3. The molecule has 1 aliphatic heterocycles. The van der Waals surface area contributed by atoms with Gasteiger partial charge in [-0.2, -0.15) is 13.2 Å². The highest BCUT2D eigenvalue weighted by Gasteiger charge is 2.51. The predicted molar refractivity (Wildman–Crippen MR) is 138 cm³/mol. The Labute approximate surface area is 210 Å². The van der Waals surface area contributed by atoms with Crippen molar-refractivity contribution < 1.29 is 18.3 Å². The van der Waals surface area contributed by atoms with Gasteiger partial charge in [-0.05, 0) is 52.3 Å². The van der Waals surface area contributed by atoms with Gasteiger partial charge in [0.1, 0.15) is 0 Å². The van der Waals surface area contributed by atoms with E-state index in [4.69, 9.17) is 0 Å². The summed E-state index contributed by atoms with van der Waals surface area (Å²) in [6, 6.07) is 31.5. The van der Waals surface area contributed by atoms with E-state index >= 15 is 0 Å². The normalized spacial score (nSPS) is 20.5. The first kappa shape index (κ1) is 24.5. The molecule has 1 saturated heterocycles. The van der Waals surface area contributed by atoms with E-state index in [-0.39, 0.29) is 11.5 Å². The molecule has 1 aliphatic rings. The molecule has 0 radical (unpaired) electrons. The van der Waals surface area contributed by atoms with Crippen LogP contribution in [-0.4, -0.2) is 29.3 Å². The molecule has 36 heavy (non-hydrogen) atoms. The monoisotopic (exact) mass is 489 g/mol. The number of benzene rings is 4. The summed E-state index contributed by atoms with van der Waals surface area (Å²) in [6.07, 6.45) is -3.84. The number of hydrogen-bond acceptors (Lipinski definition) is 2. The lowest BCUT2D eigenvalue weighted by molar-refractivity contribution is -0.258. The summed E-state index contributed by atoms with van der Waals surface area (Å²) in [5.74, 6) is 0.492. The molecule has 4 aromatic rings. The maximum atomic E-state index is 13.4. The Bertz CT molecular complexity index is 1310. The molecular formula is C31H30F3NO. The maximum absolute atomic E-state index is 13.4. The van der Waals surface area contributed by atoms with Gasteiger partial charge in [0.2, 0.25) is 0 Å². The standard InChI is InChI=1S/C31H30F3NO/c1-30(36,31(32,33)34)27-16-14-24(15-17-27)29-21-35(19-22-8-3-2-4-9-22)20-26(29)18-25-12-7-11-23-10-5-6-13-28(23)25/h2-17,26,29,36H,18-21H2,1H3/t26-,29+,30?/m1/s1. The first-order chi connectivity index (χ1) is 17.2. The summed E-state index contributed by atoms with van der Waals surface area (Å²) >= 11 is 0. The van der Waals surface area contributed by atoms with Crippen molar-refractivity contribution in [3.05, 3.63) is 119 Å². The minimum atomic E-state index is -4.73. The van der Waals surface area contributed by atoms with Gasteiger partial charge >= 0.3 is 6.18 Å². The fourth-order valence-electron chi connectivity index (χ4n) is 5.49. The number of hydrogen-bond donors (Lipinski definition) is 1. The Balaban J connectivity index is 1.44. The van der Waals surface area contributed by atoms with Gasteiger partial charge in [0.15, 0.2) is 5.60 Å². The van der Waals surface area contributed by atoms with Crippen LogP contribution >= 0.6 is 0 Å². The van der Waals surface area contributed by atoms with Gasteiger partial charge in [-0.25, -0.2) is 0 Å². The van der Waals surface area contributed by atoms with Gasteiger partial charge in [0.25, 0.3) is 0 Å². The first-order valence-corrected chi connectivity index (χ1v) is 12.3. The Hall–Kier alpha value is -3.15. The van der Waals surface area contributed by atoms with E-state index in [1.165, 1.54) is 34.0 Å². The van der Waals surface area contributed by atoms with Crippen LogP contribution in [0.4, 0.5) is 13.2 Å². The van der Waals surface area contributed by atoms with E-state index in [9.17, 15) is 18.3 Å². The van der Waals surface area contributed by atoms with Crippen molar-refractivity contribution in [3.63, 3.8) is 0 Å². The molecule has 0 bridgehead atoms. The lowest BCUT2D eigenvalue weighted by atomic mass is 9.83. The number of aliphatic hydroxyl groups is 1. The molecular weight excluding hydrogens is 459 g/mol. The van der Waals surface area contributed by atoms with Crippen molar-refractivity contribution in [3.8, 4) is 0 Å². The van der Waals surface area contributed by atoms with Crippen LogP contribution < -0.4 is 0 Å². The third-order valence-electron chi connectivity index (χ3n) is 7.58. The van der Waals surface area contributed by atoms with Crippen molar-refractivity contribution in [2.24, 2.45) is 5.92 Å². The largest absolute Gasteiger partial charge is 0.421 e. The molecule has 0 aromatic heterocycles. The molecule has 5 heteroatoms.